The smallest absolute Gasteiger partial charge is 0.255 e. The summed E-state index contributed by atoms with van der Waals surface area (Å²) in [5.74, 6) is 0.193. The number of hydrogen-bond acceptors (Lipinski definition) is 4. The van der Waals surface area contributed by atoms with E-state index in [9.17, 15) is 9.59 Å². The highest BCUT2D eigenvalue weighted by Crippen LogP contribution is 2.30. The van der Waals surface area contributed by atoms with Gasteiger partial charge < -0.3 is 10.6 Å². The van der Waals surface area contributed by atoms with Crippen molar-refractivity contribution in [3.63, 3.8) is 0 Å². The SMILES string of the molecule is Cc1ccncc1NC(=O)c1ccnc(NC(=O)C2CC2)c1. The van der Waals surface area contributed by atoms with Gasteiger partial charge in [-0.1, -0.05) is 0 Å². The predicted molar refractivity (Wildman–Crippen MR) is 82.5 cm³/mol. The number of aryl methyl sites for hydroxylation is 1. The zero-order valence-corrected chi connectivity index (χ0v) is 12.2. The Bertz CT molecular complexity index is 726. The minimum absolute atomic E-state index is 0.0341. The second-order valence-electron chi connectivity index (χ2n) is 5.34. The first-order valence-electron chi connectivity index (χ1n) is 7.12. The molecule has 2 amide bonds. The third kappa shape index (κ3) is 3.28. The lowest BCUT2D eigenvalue weighted by Crippen LogP contribution is -2.16. The van der Waals surface area contributed by atoms with Crippen LogP contribution in [0.5, 0.6) is 0 Å². The van der Waals surface area contributed by atoms with Crippen LogP contribution in [0.25, 0.3) is 0 Å². The van der Waals surface area contributed by atoms with E-state index in [-0.39, 0.29) is 17.7 Å². The van der Waals surface area contributed by atoms with Crippen molar-refractivity contribution in [3.05, 3.63) is 47.9 Å². The number of aromatic nitrogens is 2. The summed E-state index contributed by atoms with van der Waals surface area (Å²) in [6, 6.07) is 5.00. The summed E-state index contributed by atoms with van der Waals surface area (Å²) in [7, 11) is 0. The van der Waals surface area contributed by atoms with E-state index in [2.05, 4.69) is 20.6 Å². The molecule has 112 valence electrons. The van der Waals surface area contributed by atoms with Crippen molar-refractivity contribution in [1.82, 2.24) is 9.97 Å². The first-order chi connectivity index (χ1) is 10.6. The predicted octanol–water partition coefficient (Wildman–Crippen LogP) is 2.39. The monoisotopic (exact) mass is 296 g/mol. The van der Waals surface area contributed by atoms with Crippen LogP contribution >= 0.6 is 0 Å². The van der Waals surface area contributed by atoms with Crippen LogP contribution in [0.1, 0.15) is 28.8 Å². The van der Waals surface area contributed by atoms with Crippen LogP contribution in [0.2, 0.25) is 0 Å². The maximum atomic E-state index is 12.3. The fourth-order valence-electron chi connectivity index (χ4n) is 2.00. The van der Waals surface area contributed by atoms with Gasteiger partial charge in [-0.05, 0) is 43.5 Å². The van der Waals surface area contributed by atoms with Gasteiger partial charge >= 0.3 is 0 Å². The Hall–Kier alpha value is -2.76. The van der Waals surface area contributed by atoms with Gasteiger partial charge in [0.2, 0.25) is 5.91 Å². The Morgan fingerprint density at radius 2 is 2.00 bits per heavy atom. The van der Waals surface area contributed by atoms with Crippen molar-refractivity contribution >= 4 is 23.3 Å². The Morgan fingerprint density at radius 1 is 1.18 bits per heavy atom. The van der Waals surface area contributed by atoms with Crippen molar-refractivity contribution in [1.29, 1.82) is 0 Å². The molecule has 1 aliphatic carbocycles. The Labute approximate surface area is 128 Å². The zero-order chi connectivity index (χ0) is 15.5. The molecule has 1 fully saturated rings. The van der Waals surface area contributed by atoms with Crippen LogP contribution in [0, 0.1) is 12.8 Å². The van der Waals surface area contributed by atoms with Gasteiger partial charge in [0.15, 0.2) is 0 Å². The molecule has 0 aliphatic heterocycles. The zero-order valence-electron chi connectivity index (χ0n) is 12.2. The number of carbonyl (C=O) groups excluding carboxylic acids is 2. The average Bonchev–Trinajstić information content (AvgIpc) is 3.34. The molecule has 1 saturated carbocycles. The standard InChI is InChI=1S/C16H16N4O2/c1-10-4-6-17-9-13(10)19-16(22)12-5-7-18-14(8-12)20-15(21)11-2-3-11/h4-9,11H,2-3H2,1H3,(H,19,22)(H,18,20,21). The molecule has 2 N–H and O–H groups in total. The highest BCUT2D eigenvalue weighted by atomic mass is 16.2. The van der Waals surface area contributed by atoms with E-state index >= 15 is 0 Å². The summed E-state index contributed by atoms with van der Waals surface area (Å²) in [4.78, 5) is 32.1. The highest BCUT2D eigenvalue weighted by Gasteiger charge is 2.29. The third-order valence-electron chi connectivity index (χ3n) is 3.51. The Kier molecular flexibility index (Phi) is 3.82. The summed E-state index contributed by atoms with van der Waals surface area (Å²) in [5.41, 5.74) is 2.02. The van der Waals surface area contributed by atoms with Crippen molar-refractivity contribution < 1.29 is 9.59 Å². The van der Waals surface area contributed by atoms with E-state index in [1.54, 1.807) is 24.5 Å². The van der Waals surface area contributed by atoms with Gasteiger partial charge in [-0.2, -0.15) is 0 Å². The lowest BCUT2D eigenvalue weighted by Gasteiger charge is -2.09. The first-order valence-corrected chi connectivity index (χ1v) is 7.12. The molecule has 0 spiro atoms. The van der Waals surface area contributed by atoms with E-state index in [4.69, 9.17) is 0 Å². The van der Waals surface area contributed by atoms with Crippen LogP contribution in [-0.4, -0.2) is 21.8 Å². The largest absolute Gasteiger partial charge is 0.320 e. The summed E-state index contributed by atoms with van der Waals surface area (Å²) in [6.45, 7) is 1.89. The van der Waals surface area contributed by atoms with Gasteiger partial charge in [0, 0.05) is 23.9 Å². The molecule has 2 aromatic heterocycles. The third-order valence-corrected chi connectivity index (χ3v) is 3.51. The maximum Gasteiger partial charge on any atom is 0.255 e. The summed E-state index contributed by atoms with van der Waals surface area (Å²) >= 11 is 0. The van der Waals surface area contributed by atoms with Crippen LogP contribution in [0.3, 0.4) is 0 Å². The molecule has 0 bridgehead atoms. The number of amides is 2. The lowest BCUT2D eigenvalue weighted by atomic mass is 10.2. The minimum atomic E-state index is -0.263. The quantitative estimate of drug-likeness (QED) is 0.907. The second kappa shape index (κ2) is 5.93. The first kappa shape index (κ1) is 14.2. The van der Waals surface area contributed by atoms with Crippen molar-refractivity contribution in [2.75, 3.05) is 10.6 Å². The second-order valence-corrected chi connectivity index (χ2v) is 5.34. The van der Waals surface area contributed by atoms with Crippen molar-refractivity contribution in [3.8, 4) is 0 Å². The van der Waals surface area contributed by atoms with Crippen LogP contribution in [0.15, 0.2) is 36.8 Å². The number of nitrogens with one attached hydrogen (secondary N) is 2. The summed E-state index contributed by atoms with van der Waals surface area (Å²) in [6.07, 6.45) is 6.62. The Morgan fingerprint density at radius 3 is 2.73 bits per heavy atom. The summed E-state index contributed by atoms with van der Waals surface area (Å²) < 4.78 is 0. The van der Waals surface area contributed by atoms with Gasteiger partial charge in [0.25, 0.3) is 5.91 Å². The van der Waals surface area contributed by atoms with Gasteiger partial charge in [-0.25, -0.2) is 4.98 Å². The maximum absolute atomic E-state index is 12.3. The molecule has 0 aromatic carbocycles. The number of pyridine rings is 2. The fourth-order valence-corrected chi connectivity index (χ4v) is 2.00. The van der Waals surface area contributed by atoms with Gasteiger partial charge in [-0.15, -0.1) is 0 Å². The number of hydrogen-bond donors (Lipinski definition) is 2. The number of rotatable bonds is 4. The van der Waals surface area contributed by atoms with E-state index in [0.717, 1.165) is 18.4 Å². The molecular formula is C16H16N4O2. The molecule has 22 heavy (non-hydrogen) atoms. The van der Waals surface area contributed by atoms with E-state index in [1.165, 1.54) is 6.20 Å². The molecule has 3 rings (SSSR count). The molecule has 0 atom stereocenters. The molecular weight excluding hydrogens is 280 g/mol. The molecule has 0 radical (unpaired) electrons. The minimum Gasteiger partial charge on any atom is -0.320 e. The van der Waals surface area contributed by atoms with E-state index in [0.29, 0.717) is 17.1 Å². The topological polar surface area (TPSA) is 84.0 Å². The van der Waals surface area contributed by atoms with Crippen molar-refractivity contribution in [2.24, 2.45) is 5.92 Å². The lowest BCUT2D eigenvalue weighted by molar-refractivity contribution is -0.117. The summed E-state index contributed by atoms with van der Waals surface area (Å²) in [5, 5.41) is 5.53. The van der Waals surface area contributed by atoms with Crippen LogP contribution in [0.4, 0.5) is 11.5 Å². The van der Waals surface area contributed by atoms with Gasteiger partial charge in [0.1, 0.15) is 5.82 Å². The van der Waals surface area contributed by atoms with Crippen LogP contribution < -0.4 is 10.6 Å². The molecule has 1 aliphatic rings. The van der Waals surface area contributed by atoms with Crippen LogP contribution in [-0.2, 0) is 4.79 Å². The van der Waals surface area contributed by atoms with Gasteiger partial charge in [0.05, 0.1) is 11.9 Å². The number of carbonyl (C=O) groups is 2. The molecule has 0 saturated heterocycles. The van der Waals surface area contributed by atoms with Crippen molar-refractivity contribution in [2.45, 2.75) is 19.8 Å². The Balaban J connectivity index is 1.72. The van der Waals surface area contributed by atoms with Gasteiger partial charge in [-0.3, -0.25) is 14.6 Å². The molecule has 6 nitrogen and oxygen atoms in total. The van der Waals surface area contributed by atoms with E-state index < -0.39 is 0 Å². The normalized spacial score (nSPS) is 13.5. The fraction of sp³-hybridized carbons (Fsp3) is 0.250. The number of anilines is 2. The molecule has 6 heteroatoms. The van der Waals surface area contributed by atoms with E-state index in [1.807, 2.05) is 13.0 Å². The highest BCUT2D eigenvalue weighted by molar-refractivity contribution is 6.05. The molecule has 2 heterocycles. The number of nitrogens with zero attached hydrogens (tertiary/aromatic N) is 2. The molecule has 2 aromatic rings. The average molecular weight is 296 g/mol. The molecule has 0 unspecified atom stereocenters.